The highest BCUT2D eigenvalue weighted by Crippen LogP contribution is 2.20. The highest BCUT2D eigenvalue weighted by molar-refractivity contribution is 5.54. The van der Waals surface area contributed by atoms with Crippen LogP contribution in [0.3, 0.4) is 0 Å². The Kier molecular flexibility index (Phi) is 3.25. The van der Waals surface area contributed by atoms with Gasteiger partial charge in [0.25, 0.3) is 0 Å². The maximum absolute atomic E-state index is 13.1. The molecule has 1 atom stereocenters. The number of nitrogens with zero attached hydrogens (tertiary/aromatic N) is 2. The minimum Gasteiger partial charge on any atom is -0.339 e. The van der Waals surface area contributed by atoms with Gasteiger partial charge in [-0.15, -0.1) is 0 Å². The van der Waals surface area contributed by atoms with Crippen LogP contribution in [0.1, 0.15) is 12.3 Å². The molecule has 4 nitrogen and oxygen atoms in total. The van der Waals surface area contributed by atoms with Crippen LogP contribution >= 0.6 is 0 Å². The van der Waals surface area contributed by atoms with Crippen LogP contribution in [0.2, 0.25) is 0 Å². The van der Waals surface area contributed by atoms with Crippen LogP contribution < -0.4 is 5.32 Å². The lowest BCUT2D eigenvalue weighted by Crippen LogP contribution is -2.10. The highest BCUT2D eigenvalue weighted by atomic mass is 19.2. The minimum absolute atomic E-state index is 0.292. The Morgan fingerprint density at radius 3 is 2.95 bits per heavy atom. The van der Waals surface area contributed by atoms with Crippen molar-refractivity contribution >= 4 is 0 Å². The molecule has 0 amide bonds. The summed E-state index contributed by atoms with van der Waals surface area (Å²) >= 11 is 0. The zero-order valence-electron chi connectivity index (χ0n) is 10.2. The van der Waals surface area contributed by atoms with Gasteiger partial charge in [0.1, 0.15) is 0 Å². The largest absolute Gasteiger partial charge is 0.339 e. The van der Waals surface area contributed by atoms with Crippen molar-refractivity contribution in [1.29, 1.82) is 0 Å². The Morgan fingerprint density at radius 2 is 2.21 bits per heavy atom. The molecule has 0 bridgehead atoms. The smallest absolute Gasteiger partial charge is 0.227 e. The molecule has 0 aliphatic carbocycles. The van der Waals surface area contributed by atoms with Crippen LogP contribution in [-0.2, 0) is 6.42 Å². The zero-order valence-corrected chi connectivity index (χ0v) is 10.2. The van der Waals surface area contributed by atoms with Gasteiger partial charge in [0, 0.05) is 12.0 Å². The summed E-state index contributed by atoms with van der Waals surface area (Å²) in [5.41, 5.74) is 0.415. The Balaban J connectivity index is 1.78. The zero-order chi connectivity index (χ0) is 13.2. The maximum atomic E-state index is 13.1. The van der Waals surface area contributed by atoms with Crippen molar-refractivity contribution in [2.45, 2.75) is 12.8 Å². The molecule has 100 valence electrons. The Bertz CT molecular complexity index is 579. The molecule has 1 saturated heterocycles. The molecular formula is C13H13F2N3O. The molecule has 1 aromatic carbocycles. The summed E-state index contributed by atoms with van der Waals surface area (Å²) in [4.78, 5) is 4.22. The Labute approximate surface area is 108 Å². The van der Waals surface area contributed by atoms with E-state index >= 15 is 0 Å². The third-order valence-electron chi connectivity index (χ3n) is 3.27. The van der Waals surface area contributed by atoms with E-state index < -0.39 is 11.6 Å². The lowest BCUT2D eigenvalue weighted by atomic mass is 10.1. The second-order valence-corrected chi connectivity index (χ2v) is 4.70. The second kappa shape index (κ2) is 5.05. The van der Waals surface area contributed by atoms with Gasteiger partial charge in [-0.25, -0.2) is 8.78 Å². The minimum atomic E-state index is -0.913. The van der Waals surface area contributed by atoms with Gasteiger partial charge >= 0.3 is 0 Å². The molecular weight excluding hydrogens is 252 g/mol. The number of halogens is 2. The molecule has 1 aromatic heterocycles. The fourth-order valence-electron chi connectivity index (χ4n) is 2.23. The van der Waals surface area contributed by atoms with E-state index in [1.54, 1.807) is 0 Å². The van der Waals surface area contributed by atoms with E-state index in [0.29, 0.717) is 29.6 Å². The van der Waals surface area contributed by atoms with E-state index in [-0.39, 0.29) is 0 Å². The van der Waals surface area contributed by atoms with Crippen molar-refractivity contribution < 1.29 is 13.3 Å². The summed E-state index contributed by atoms with van der Waals surface area (Å²) in [6.45, 7) is 1.96. The molecule has 19 heavy (non-hydrogen) atoms. The number of benzene rings is 1. The van der Waals surface area contributed by atoms with Crippen molar-refractivity contribution in [2.24, 2.45) is 5.92 Å². The first kappa shape index (κ1) is 12.2. The van der Waals surface area contributed by atoms with E-state index in [4.69, 9.17) is 4.52 Å². The topological polar surface area (TPSA) is 51.0 Å². The molecule has 1 aliphatic rings. The van der Waals surface area contributed by atoms with Crippen LogP contribution in [0.15, 0.2) is 22.7 Å². The summed E-state index contributed by atoms with van der Waals surface area (Å²) in [5, 5.41) is 7.07. The van der Waals surface area contributed by atoms with Gasteiger partial charge < -0.3 is 9.84 Å². The van der Waals surface area contributed by atoms with E-state index in [1.807, 2.05) is 0 Å². The summed E-state index contributed by atoms with van der Waals surface area (Å²) in [6.07, 6.45) is 1.80. The fourth-order valence-corrected chi connectivity index (χ4v) is 2.23. The molecule has 6 heteroatoms. The van der Waals surface area contributed by atoms with Gasteiger partial charge in [0.15, 0.2) is 11.6 Å². The van der Waals surface area contributed by atoms with Crippen molar-refractivity contribution in [3.05, 3.63) is 35.7 Å². The Hall–Kier alpha value is -1.82. The predicted octanol–water partition coefficient (Wildman–Crippen LogP) is 2.17. The van der Waals surface area contributed by atoms with E-state index in [0.717, 1.165) is 31.6 Å². The lowest BCUT2D eigenvalue weighted by molar-refractivity contribution is 0.358. The van der Waals surface area contributed by atoms with Gasteiger partial charge in [-0.3, -0.25) is 0 Å². The fraction of sp³-hybridized carbons (Fsp3) is 0.385. The SMILES string of the molecule is Fc1ccc(-c2noc(CC3CCNC3)n2)cc1F. The van der Waals surface area contributed by atoms with Crippen LogP contribution in [0.4, 0.5) is 8.78 Å². The first-order valence-corrected chi connectivity index (χ1v) is 6.21. The summed E-state index contributed by atoms with van der Waals surface area (Å²) in [5.74, 6) is -0.472. The molecule has 1 N–H and O–H groups in total. The molecule has 1 fully saturated rings. The molecule has 3 rings (SSSR count). The normalized spacial score (nSPS) is 18.9. The first-order chi connectivity index (χ1) is 9.22. The van der Waals surface area contributed by atoms with Crippen LogP contribution in [-0.4, -0.2) is 23.2 Å². The average molecular weight is 265 g/mol. The standard InChI is InChI=1S/C13H13F2N3O/c14-10-2-1-9(6-11(10)15)13-17-12(19-18-13)5-8-3-4-16-7-8/h1-2,6,8,16H,3-5,7H2. The molecule has 0 radical (unpaired) electrons. The number of rotatable bonds is 3. The van der Waals surface area contributed by atoms with E-state index in [2.05, 4.69) is 15.5 Å². The van der Waals surface area contributed by atoms with Crippen molar-refractivity contribution in [3.8, 4) is 11.4 Å². The van der Waals surface area contributed by atoms with E-state index in [9.17, 15) is 8.78 Å². The lowest BCUT2D eigenvalue weighted by Gasteiger charge is -2.01. The molecule has 0 saturated carbocycles. The van der Waals surface area contributed by atoms with Crippen LogP contribution in [0.5, 0.6) is 0 Å². The Morgan fingerprint density at radius 1 is 1.32 bits per heavy atom. The average Bonchev–Trinajstić information content (AvgIpc) is 3.05. The number of aromatic nitrogens is 2. The van der Waals surface area contributed by atoms with Crippen LogP contribution in [0.25, 0.3) is 11.4 Å². The number of hydrogen-bond acceptors (Lipinski definition) is 4. The summed E-state index contributed by atoms with van der Waals surface area (Å²) in [6, 6.07) is 3.56. The molecule has 1 unspecified atom stereocenters. The quantitative estimate of drug-likeness (QED) is 0.924. The molecule has 1 aliphatic heterocycles. The van der Waals surface area contributed by atoms with E-state index in [1.165, 1.54) is 6.07 Å². The van der Waals surface area contributed by atoms with Gasteiger partial charge in [0.2, 0.25) is 11.7 Å². The van der Waals surface area contributed by atoms with Gasteiger partial charge in [-0.1, -0.05) is 5.16 Å². The van der Waals surface area contributed by atoms with Crippen molar-refractivity contribution in [3.63, 3.8) is 0 Å². The summed E-state index contributed by atoms with van der Waals surface area (Å²) < 4.78 is 31.1. The monoisotopic (exact) mass is 265 g/mol. The molecule has 0 spiro atoms. The third-order valence-corrected chi connectivity index (χ3v) is 3.27. The maximum Gasteiger partial charge on any atom is 0.227 e. The predicted molar refractivity (Wildman–Crippen MR) is 64.3 cm³/mol. The van der Waals surface area contributed by atoms with Crippen molar-refractivity contribution in [1.82, 2.24) is 15.5 Å². The number of nitrogens with one attached hydrogen (secondary N) is 1. The van der Waals surface area contributed by atoms with Crippen LogP contribution in [0, 0.1) is 17.6 Å². The van der Waals surface area contributed by atoms with Gasteiger partial charge in [-0.05, 0) is 43.6 Å². The molecule has 2 aromatic rings. The van der Waals surface area contributed by atoms with Crippen molar-refractivity contribution in [2.75, 3.05) is 13.1 Å². The number of hydrogen-bond donors (Lipinski definition) is 1. The van der Waals surface area contributed by atoms with Gasteiger partial charge in [-0.2, -0.15) is 4.98 Å². The second-order valence-electron chi connectivity index (χ2n) is 4.70. The molecule has 2 heterocycles. The summed E-state index contributed by atoms with van der Waals surface area (Å²) in [7, 11) is 0. The highest BCUT2D eigenvalue weighted by Gasteiger charge is 2.19. The first-order valence-electron chi connectivity index (χ1n) is 6.21. The third kappa shape index (κ3) is 2.63. The van der Waals surface area contributed by atoms with Gasteiger partial charge in [0.05, 0.1) is 0 Å².